The summed E-state index contributed by atoms with van der Waals surface area (Å²) in [6.07, 6.45) is -0.0437. The van der Waals surface area contributed by atoms with Gasteiger partial charge < -0.3 is 20.3 Å². The Kier molecular flexibility index (Phi) is 6.31. The molecule has 1 aromatic carbocycles. The number of aliphatic hydroxyl groups is 1. The molecular formula is C12H14BrNO5. The molecule has 1 rings (SSSR count). The van der Waals surface area contributed by atoms with Gasteiger partial charge >= 0.3 is 5.97 Å². The van der Waals surface area contributed by atoms with E-state index >= 15 is 0 Å². The minimum Gasteiger partial charge on any atom is -0.484 e. The maximum absolute atomic E-state index is 11.5. The highest BCUT2D eigenvalue weighted by atomic mass is 79.9. The minimum absolute atomic E-state index is 0.0437. The fraction of sp³-hybridized carbons (Fsp3) is 0.333. The second-order valence-electron chi connectivity index (χ2n) is 3.72. The number of aliphatic carboxylic acids is 1. The van der Waals surface area contributed by atoms with Crippen LogP contribution in [0.4, 0.5) is 0 Å². The molecule has 0 saturated carbocycles. The third-order valence-corrected chi connectivity index (χ3v) is 2.71. The predicted octanol–water partition coefficient (Wildman–Crippen LogP) is 0.780. The van der Waals surface area contributed by atoms with Crippen LogP contribution in [0.15, 0.2) is 28.7 Å². The van der Waals surface area contributed by atoms with E-state index in [1.807, 2.05) is 6.07 Å². The van der Waals surface area contributed by atoms with Gasteiger partial charge in [-0.25, -0.2) is 4.79 Å². The summed E-state index contributed by atoms with van der Waals surface area (Å²) in [4.78, 5) is 22.3. The molecule has 6 nitrogen and oxygen atoms in total. The molecular weight excluding hydrogens is 318 g/mol. The molecule has 3 N–H and O–H groups in total. The van der Waals surface area contributed by atoms with Crippen molar-refractivity contribution in [1.29, 1.82) is 0 Å². The Morgan fingerprint density at radius 3 is 2.74 bits per heavy atom. The van der Waals surface area contributed by atoms with E-state index in [4.69, 9.17) is 14.9 Å². The highest BCUT2D eigenvalue weighted by molar-refractivity contribution is 9.10. The maximum Gasteiger partial charge on any atom is 0.326 e. The monoisotopic (exact) mass is 331 g/mol. The van der Waals surface area contributed by atoms with Crippen LogP contribution in [0.3, 0.4) is 0 Å². The number of carbonyl (C=O) groups excluding carboxylic acids is 1. The zero-order valence-electron chi connectivity index (χ0n) is 10.0. The van der Waals surface area contributed by atoms with Gasteiger partial charge in [-0.1, -0.05) is 22.0 Å². The summed E-state index contributed by atoms with van der Waals surface area (Å²) in [7, 11) is 0. The number of halogens is 1. The lowest BCUT2D eigenvalue weighted by atomic mass is 10.2. The van der Waals surface area contributed by atoms with E-state index in [9.17, 15) is 9.59 Å². The summed E-state index contributed by atoms with van der Waals surface area (Å²) in [6.45, 7) is -0.602. The van der Waals surface area contributed by atoms with Crippen LogP contribution in [0.2, 0.25) is 0 Å². The quantitative estimate of drug-likeness (QED) is 0.686. The standard InChI is InChI=1S/C12H14BrNO5/c13-8-2-1-3-9(6-8)19-7-11(16)14-10(4-5-15)12(17)18/h1-3,6,10,15H,4-5,7H2,(H,14,16)(H,17,18)/t10-/m1/s1. The summed E-state index contributed by atoms with van der Waals surface area (Å²) in [5.74, 6) is -1.25. The Morgan fingerprint density at radius 1 is 1.42 bits per heavy atom. The number of rotatable bonds is 7. The molecule has 0 bridgehead atoms. The molecule has 19 heavy (non-hydrogen) atoms. The molecule has 1 atom stereocenters. The molecule has 0 unspecified atom stereocenters. The Balaban J connectivity index is 2.44. The molecule has 0 saturated heterocycles. The zero-order chi connectivity index (χ0) is 14.3. The Morgan fingerprint density at radius 2 is 2.16 bits per heavy atom. The van der Waals surface area contributed by atoms with Crippen molar-refractivity contribution < 1.29 is 24.5 Å². The SMILES string of the molecule is O=C(COc1cccc(Br)c1)N[C@H](CCO)C(=O)O. The first-order chi connectivity index (χ1) is 9.02. The van der Waals surface area contributed by atoms with Crippen molar-refractivity contribution >= 4 is 27.8 Å². The lowest BCUT2D eigenvalue weighted by Gasteiger charge is -2.13. The molecule has 0 heterocycles. The molecule has 1 amide bonds. The number of aliphatic hydroxyl groups excluding tert-OH is 1. The van der Waals surface area contributed by atoms with Gasteiger partial charge in [-0.05, 0) is 18.2 Å². The summed E-state index contributed by atoms with van der Waals surface area (Å²) < 4.78 is 6.02. The number of ether oxygens (including phenoxy) is 1. The van der Waals surface area contributed by atoms with E-state index in [0.29, 0.717) is 5.75 Å². The van der Waals surface area contributed by atoms with Crippen molar-refractivity contribution in [3.05, 3.63) is 28.7 Å². The Labute approximate surface area is 118 Å². The summed E-state index contributed by atoms with van der Waals surface area (Å²) in [6, 6.07) is 5.83. The molecule has 0 aliphatic heterocycles. The highest BCUT2D eigenvalue weighted by Gasteiger charge is 2.19. The topological polar surface area (TPSA) is 95.9 Å². The van der Waals surface area contributed by atoms with E-state index < -0.39 is 17.9 Å². The maximum atomic E-state index is 11.5. The smallest absolute Gasteiger partial charge is 0.326 e. The predicted molar refractivity (Wildman–Crippen MR) is 70.9 cm³/mol. The molecule has 1 aromatic rings. The molecule has 0 aliphatic carbocycles. The molecule has 0 fully saturated rings. The van der Waals surface area contributed by atoms with Crippen LogP contribution in [0, 0.1) is 0 Å². The van der Waals surface area contributed by atoms with Crippen molar-refractivity contribution in [2.75, 3.05) is 13.2 Å². The summed E-state index contributed by atoms with van der Waals surface area (Å²) in [5, 5.41) is 19.8. The fourth-order valence-electron chi connectivity index (χ4n) is 1.33. The van der Waals surface area contributed by atoms with Gasteiger partial charge in [0.15, 0.2) is 6.61 Å². The number of nitrogens with one attached hydrogen (secondary N) is 1. The van der Waals surface area contributed by atoms with Gasteiger partial charge in [0.25, 0.3) is 5.91 Å². The fourth-order valence-corrected chi connectivity index (χ4v) is 1.71. The summed E-state index contributed by atoms with van der Waals surface area (Å²) >= 11 is 3.26. The molecule has 0 aromatic heterocycles. The van der Waals surface area contributed by atoms with Gasteiger partial charge in [0.05, 0.1) is 0 Å². The second-order valence-corrected chi connectivity index (χ2v) is 4.63. The first-order valence-corrected chi connectivity index (χ1v) is 6.33. The van der Waals surface area contributed by atoms with Gasteiger partial charge in [-0.3, -0.25) is 4.79 Å². The average molecular weight is 332 g/mol. The van der Waals surface area contributed by atoms with E-state index in [1.165, 1.54) is 0 Å². The molecule has 0 radical (unpaired) electrons. The van der Waals surface area contributed by atoms with Crippen LogP contribution in [0.5, 0.6) is 5.75 Å². The number of benzene rings is 1. The number of carboxylic acids is 1. The van der Waals surface area contributed by atoms with E-state index in [1.54, 1.807) is 18.2 Å². The van der Waals surface area contributed by atoms with Crippen molar-refractivity contribution in [3.8, 4) is 5.75 Å². The van der Waals surface area contributed by atoms with Crippen LogP contribution in [-0.2, 0) is 9.59 Å². The van der Waals surface area contributed by atoms with E-state index in [2.05, 4.69) is 21.2 Å². The Hall–Kier alpha value is -1.60. The van der Waals surface area contributed by atoms with Gasteiger partial charge in [0.2, 0.25) is 0 Å². The van der Waals surface area contributed by atoms with Crippen molar-refractivity contribution in [3.63, 3.8) is 0 Å². The number of amides is 1. The van der Waals surface area contributed by atoms with E-state index in [0.717, 1.165) is 4.47 Å². The minimum atomic E-state index is -1.19. The number of carbonyl (C=O) groups is 2. The number of hydrogen-bond acceptors (Lipinski definition) is 4. The first kappa shape index (κ1) is 15.5. The zero-order valence-corrected chi connectivity index (χ0v) is 11.6. The largest absolute Gasteiger partial charge is 0.484 e. The lowest BCUT2D eigenvalue weighted by molar-refractivity contribution is -0.142. The van der Waals surface area contributed by atoms with Gasteiger partial charge in [-0.2, -0.15) is 0 Å². The Bertz CT molecular complexity index is 452. The van der Waals surface area contributed by atoms with Gasteiger partial charge in [0, 0.05) is 17.5 Å². The van der Waals surface area contributed by atoms with Crippen LogP contribution in [0.1, 0.15) is 6.42 Å². The van der Waals surface area contributed by atoms with Gasteiger partial charge in [0.1, 0.15) is 11.8 Å². The summed E-state index contributed by atoms with van der Waals surface area (Å²) in [5.41, 5.74) is 0. The molecule has 0 spiro atoms. The first-order valence-electron chi connectivity index (χ1n) is 5.54. The van der Waals surface area contributed by atoms with Crippen LogP contribution in [-0.4, -0.2) is 41.3 Å². The molecule has 7 heteroatoms. The lowest BCUT2D eigenvalue weighted by Crippen LogP contribution is -2.43. The number of hydrogen-bond donors (Lipinski definition) is 3. The average Bonchev–Trinajstić information content (AvgIpc) is 2.36. The molecule has 0 aliphatic rings. The van der Waals surface area contributed by atoms with Gasteiger partial charge in [-0.15, -0.1) is 0 Å². The third-order valence-electron chi connectivity index (χ3n) is 2.22. The molecule has 104 valence electrons. The normalized spacial score (nSPS) is 11.7. The number of carboxylic acid groups (broad SMARTS) is 1. The van der Waals surface area contributed by atoms with Crippen LogP contribution in [0.25, 0.3) is 0 Å². The highest BCUT2D eigenvalue weighted by Crippen LogP contribution is 2.17. The van der Waals surface area contributed by atoms with E-state index in [-0.39, 0.29) is 19.6 Å². The van der Waals surface area contributed by atoms with Crippen LogP contribution < -0.4 is 10.1 Å². The van der Waals surface area contributed by atoms with Crippen molar-refractivity contribution in [1.82, 2.24) is 5.32 Å². The van der Waals surface area contributed by atoms with Crippen molar-refractivity contribution in [2.45, 2.75) is 12.5 Å². The second kappa shape index (κ2) is 7.75. The third kappa shape index (κ3) is 5.71. The van der Waals surface area contributed by atoms with Crippen molar-refractivity contribution in [2.24, 2.45) is 0 Å². The van der Waals surface area contributed by atoms with Crippen LogP contribution >= 0.6 is 15.9 Å².